The highest BCUT2D eigenvalue weighted by molar-refractivity contribution is 6.20. The van der Waals surface area contributed by atoms with Gasteiger partial charge in [-0.3, -0.25) is 19.4 Å². The number of fused-ring (bicyclic) bond motifs is 2. The first-order valence-electron chi connectivity index (χ1n) is 15.1. The maximum absolute atomic E-state index is 13.1. The predicted molar refractivity (Wildman–Crippen MR) is 183 cm³/mol. The molecule has 0 fully saturated rings. The smallest absolute Gasteiger partial charge is 0.242 e. The third kappa shape index (κ3) is 7.60. The Morgan fingerprint density at radius 2 is 1.69 bits per heavy atom. The lowest BCUT2D eigenvalue weighted by atomic mass is 9.90. The van der Waals surface area contributed by atoms with Crippen molar-refractivity contribution in [3.8, 4) is 5.75 Å². The highest BCUT2D eigenvalue weighted by Gasteiger charge is 2.45. The largest absolute Gasteiger partial charge is 0.493 e. The quantitative estimate of drug-likeness (QED) is 0.221. The van der Waals surface area contributed by atoms with Crippen molar-refractivity contribution in [2.75, 3.05) is 48.0 Å². The summed E-state index contributed by atoms with van der Waals surface area (Å²) >= 11 is 0. The van der Waals surface area contributed by atoms with Crippen molar-refractivity contribution >= 4 is 59.6 Å². The number of nitrogens with one attached hydrogen (secondary N) is 1. The first-order valence-corrected chi connectivity index (χ1v) is 15.1. The molecule has 1 N–H and O–H groups in total. The number of amides is 3. The molecule has 0 atom stereocenters. The molecule has 0 saturated carbocycles. The van der Waals surface area contributed by atoms with E-state index in [4.69, 9.17) is 4.74 Å². The fraction of sp³-hybridized carbons (Fsp3) is 0.412. The maximum atomic E-state index is 13.1. The molecule has 242 valence electrons. The number of anilines is 3. The topological polar surface area (TPSA) is 95.1 Å². The number of para-hydroxylation sites is 1. The van der Waals surface area contributed by atoms with E-state index in [1.54, 1.807) is 36.9 Å². The lowest BCUT2D eigenvalue weighted by Crippen LogP contribution is -2.47. The van der Waals surface area contributed by atoms with E-state index in [2.05, 4.69) is 22.4 Å². The third-order valence-corrected chi connectivity index (χ3v) is 8.36. The van der Waals surface area contributed by atoms with Crippen LogP contribution in [0.2, 0.25) is 0 Å². The van der Waals surface area contributed by atoms with Crippen LogP contribution >= 0.6 is 24.8 Å². The SMILES string of the molecule is CCN1C(=O)C(C)(C)C(=O)N(C)c2cc(OCCCNCc3cccnc3CCN3C(=O)CCc4ccccc43)ccc21.Cl.Cl. The average Bonchev–Trinajstić information content (AvgIpc) is 3.07. The molecule has 11 heteroatoms. The van der Waals surface area contributed by atoms with Gasteiger partial charge in [0, 0.05) is 63.2 Å². The first kappa shape index (κ1) is 35.8. The predicted octanol–water partition coefficient (Wildman–Crippen LogP) is 5.36. The van der Waals surface area contributed by atoms with Gasteiger partial charge in [0.2, 0.25) is 17.7 Å². The van der Waals surface area contributed by atoms with Gasteiger partial charge in [-0.05, 0) is 75.5 Å². The molecule has 2 aliphatic rings. The van der Waals surface area contributed by atoms with Crippen LogP contribution in [0, 0.1) is 5.41 Å². The second-order valence-electron chi connectivity index (χ2n) is 11.6. The summed E-state index contributed by atoms with van der Waals surface area (Å²) in [4.78, 5) is 48.6. The van der Waals surface area contributed by atoms with E-state index in [1.807, 2.05) is 54.3 Å². The lowest BCUT2D eigenvalue weighted by molar-refractivity contribution is -0.137. The van der Waals surface area contributed by atoms with Crippen molar-refractivity contribution in [2.45, 2.75) is 53.0 Å². The number of carbonyl (C=O) groups excluding carboxylic acids is 3. The van der Waals surface area contributed by atoms with Crippen molar-refractivity contribution in [2.24, 2.45) is 5.41 Å². The Bertz CT molecular complexity index is 1520. The minimum Gasteiger partial charge on any atom is -0.493 e. The Morgan fingerprint density at radius 3 is 2.47 bits per heavy atom. The fourth-order valence-corrected chi connectivity index (χ4v) is 5.90. The molecule has 0 unspecified atom stereocenters. The Balaban J connectivity index is 0.00000276. The van der Waals surface area contributed by atoms with E-state index >= 15 is 0 Å². The minimum atomic E-state index is -1.14. The lowest BCUT2D eigenvalue weighted by Gasteiger charge is -2.29. The summed E-state index contributed by atoms with van der Waals surface area (Å²) in [5.41, 5.74) is 4.60. The maximum Gasteiger partial charge on any atom is 0.242 e. The minimum absolute atomic E-state index is 0. The summed E-state index contributed by atoms with van der Waals surface area (Å²) in [7, 11) is 1.71. The molecule has 0 saturated heterocycles. The van der Waals surface area contributed by atoms with Crippen LogP contribution in [0.3, 0.4) is 0 Å². The van der Waals surface area contributed by atoms with E-state index in [1.165, 1.54) is 5.56 Å². The number of carbonyl (C=O) groups is 3. The highest BCUT2D eigenvalue weighted by atomic mass is 35.5. The van der Waals surface area contributed by atoms with Gasteiger partial charge in [0.15, 0.2) is 0 Å². The zero-order valence-corrected chi connectivity index (χ0v) is 28.0. The molecular weight excluding hydrogens is 613 g/mol. The van der Waals surface area contributed by atoms with E-state index in [0.29, 0.717) is 56.2 Å². The Kier molecular flexibility index (Phi) is 12.4. The fourth-order valence-electron chi connectivity index (χ4n) is 5.90. The van der Waals surface area contributed by atoms with Crippen molar-refractivity contribution in [1.29, 1.82) is 0 Å². The Labute approximate surface area is 278 Å². The van der Waals surface area contributed by atoms with Crippen molar-refractivity contribution < 1.29 is 19.1 Å². The van der Waals surface area contributed by atoms with Gasteiger partial charge < -0.3 is 24.8 Å². The first-order chi connectivity index (χ1) is 20.7. The van der Waals surface area contributed by atoms with Crippen LogP contribution in [0.5, 0.6) is 5.75 Å². The standard InChI is InChI=1S/C34H41N5O4.2ClH/c1-5-38-29-15-14-26(22-30(29)37(4)32(41)34(2,3)33(38)42)43-21-9-18-35-23-25-11-8-19-36-27(25)17-20-39-28-12-7-6-10-24(28)13-16-31(39)40;;/h6-8,10-12,14-15,19,22,35H,5,9,13,16-18,20-21,23H2,1-4H3;2*1H. The van der Waals surface area contributed by atoms with Crippen molar-refractivity contribution in [1.82, 2.24) is 10.3 Å². The second kappa shape index (κ2) is 15.6. The summed E-state index contributed by atoms with van der Waals surface area (Å²) in [6.45, 7) is 8.28. The monoisotopic (exact) mass is 655 g/mol. The number of nitrogens with zero attached hydrogens (tertiary/aromatic N) is 4. The average molecular weight is 657 g/mol. The molecule has 0 bridgehead atoms. The summed E-state index contributed by atoms with van der Waals surface area (Å²) in [6.07, 6.45) is 4.63. The molecule has 3 aromatic rings. The van der Waals surface area contributed by atoms with E-state index < -0.39 is 5.41 Å². The van der Waals surface area contributed by atoms with E-state index in [0.717, 1.165) is 36.3 Å². The molecular formula is C34H43Cl2N5O4. The van der Waals surface area contributed by atoms with Gasteiger partial charge in [-0.25, -0.2) is 0 Å². The number of aromatic nitrogens is 1. The number of ether oxygens (including phenoxy) is 1. The van der Waals surface area contributed by atoms with Crippen molar-refractivity contribution in [3.63, 3.8) is 0 Å². The summed E-state index contributed by atoms with van der Waals surface area (Å²) in [6, 6.07) is 17.7. The van der Waals surface area contributed by atoms with Crippen LogP contribution in [0.15, 0.2) is 60.8 Å². The van der Waals surface area contributed by atoms with E-state index in [9.17, 15) is 14.4 Å². The molecule has 5 rings (SSSR count). The van der Waals surface area contributed by atoms with Crippen LogP contribution in [0.1, 0.15) is 50.4 Å². The van der Waals surface area contributed by atoms with Gasteiger partial charge in [0.25, 0.3) is 0 Å². The molecule has 0 radical (unpaired) electrons. The number of hydrogen-bond acceptors (Lipinski definition) is 6. The molecule has 45 heavy (non-hydrogen) atoms. The molecule has 2 aromatic carbocycles. The molecule has 3 amide bonds. The number of rotatable bonds is 11. The summed E-state index contributed by atoms with van der Waals surface area (Å²) < 4.78 is 6.03. The number of pyridine rings is 1. The van der Waals surface area contributed by atoms with Gasteiger partial charge in [0.1, 0.15) is 11.2 Å². The second-order valence-corrected chi connectivity index (χ2v) is 11.6. The molecule has 0 aliphatic carbocycles. The number of aryl methyl sites for hydroxylation is 1. The normalized spacial score (nSPS) is 15.5. The zero-order valence-electron chi connectivity index (χ0n) is 26.4. The molecule has 1 aromatic heterocycles. The van der Waals surface area contributed by atoms with Crippen LogP contribution in [-0.4, -0.2) is 56.0 Å². The van der Waals surface area contributed by atoms with Gasteiger partial charge in [-0.2, -0.15) is 0 Å². The number of benzene rings is 2. The molecule has 0 spiro atoms. The van der Waals surface area contributed by atoms with Crippen LogP contribution in [-0.2, 0) is 33.8 Å². The van der Waals surface area contributed by atoms with Crippen LogP contribution in [0.25, 0.3) is 0 Å². The molecule has 2 aliphatic heterocycles. The highest BCUT2D eigenvalue weighted by Crippen LogP contribution is 2.40. The summed E-state index contributed by atoms with van der Waals surface area (Å²) in [5.74, 6) is 0.387. The van der Waals surface area contributed by atoms with Gasteiger partial charge in [-0.1, -0.05) is 24.3 Å². The number of halogens is 2. The third-order valence-electron chi connectivity index (χ3n) is 8.36. The zero-order chi connectivity index (χ0) is 30.6. The summed E-state index contributed by atoms with van der Waals surface area (Å²) in [5, 5.41) is 3.49. The van der Waals surface area contributed by atoms with Crippen LogP contribution < -0.4 is 24.8 Å². The van der Waals surface area contributed by atoms with Gasteiger partial charge in [-0.15, -0.1) is 24.8 Å². The Hall–Kier alpha value is -3.66. The number of hydrogen-bond donors (Lipinski definition) is 1. The molecule has 3 heterocycles. The molecule has 9 nitrogen and oxygen atoms in total. The van der Waals surface area contributed by atoms with Crippen molar-refractivity contribution in [3.05, 3.63) is 77.6 Å². The van der Waals surface area contributed by atoms with Crippen LogP contribution in [0.4, 0.5) is 17.1 Å². The van der Waals surface area contributed by atoms with Gasteiger partial charge in [0.05, 0.1) is 18.0 Å². The Morgan fingerprint density at radius 1 is 0.911 bits per heavy atom. The van der Waals surface area contributed by atoms with E-state index in [-0.39, 0.29) is 42.5 Å². The van der Waals surface area contributed by atoms with Gasteiger partial charge >= 0.3 is 0 Å².